The van der Waals surface area contributed by atoms with E-state index < -0.39 is 12.0 Å². The Morgan fingerprint density at radius 3 is 2.74 bits per heavy atom. The van der Waals surface area contributed by atoms with Crippen LogP contribution in [0.2, 0.25) is 0 Å². The van der Waals surface area contributed by atoms with E-state index in [1.54, 1.807) is 11.3 Å². The molecule has 0 amide bonds. The third-order valence-corrected chi connectivity index (χ3v) is 5.07. The van der Waals surface area contributed by atoms with Gasteiger partial charge in [0, 0.05) is 4.88 Å². The Kier molecular flexibility index (Phi) is 3.97. The summed E-state index contributed by atoms with van der Waals surface area (Å²) in [6.07, 6.45) is 2.02. The fraction of sp³-hybridized carbons (Fsp3) is 0.714. The lowest BCUT2D eigenvalue weighted by molar-refractivity contribution is -0.151. The molecule has 19 heavy (non-hydrogen) atoms. The first-order chi connectivity index (χ1) is 8.81. The minimum Gasteiger partial charge on any atom is -0.480 e. The van der Waals surface area contributed by atoms with Gasteiger partial charge in [-0.3, -0.25) is 9.69 Å². The lowest BCUT2D eigenvalue weighted by Gasteiger charge is -2.43. The zero-order valence-corrected chi connectivity index (χ0v) is 12.9. The molecule has 1 atom stereocenters. The van der Waals surface area contributed by atoms with E-state index in [0.717, 1.165) is 30.1 Å². The number of piperidine rings is 1. The topological polar surface area (TPSA) is 53.4 Å². The number of thiazole rings is 1. The van der Waals surface area contributed by atoms with E-state index >= 15 is 0 Å². The average molecular weight is 282 g/mol. The number of likely N-dealkylation sites (tertiary alicyclic amines) is 1. The average Bonchev–Trinajstić information content (AvgIpc) is 2.55. The molecule has 0 bridgehead atoms. The van der Waals surface area contributed by atoms with Crippen LogP contribution in [-0.4, -0.2) is 33.5 Å². The summed E-state index contributed by atoms with van der Waals surface area (Å²) in [7, 11) is 0. The number of carboxylic acids is 1. The summed E-state index contributed by atoms with van der Waals surface area (Å²) in [4.78, 5) is 19.4. The highest BCUT2D eigenvalue weighted by Crippen LogP contribution is 2.36. The normalized spacial score (nSPS) is 23.5. The number of aromatic nitrogens is 1. The highest BCUT2D eigenvalue weighted by atomic mass is 32.1. The highest BCUT2D eigenvalue weighted by molar-refractivity contribution is 7.11. The molecule has 2 rings (SSSR count). The van der Waals surface area contributed by atoms with Crippen LogP contribution in [0.15, 0.2) is 0 Å². The number of carbonyl (C=O) groups is 1. The fourth-order valence-corrected chi connectivity index (χ4v) is 3.90. The van der Waals surface area contributed by atoms with Gasteiger partial charge in [-0.05, 0) is 38.6 Å². The van der Waals surface area contributed by atoms with Crippen molar-refractivity contribution in [2.75, 3.05) is 6.54 Å². The van der Waals surface area contributed by atoms with Gasteiger partial charge >= 0.3 is 5.97 Å². The summed E-state index contributed by atoms with van der Waals surface area (Å²) in [5, 5.41) is 10.6. The Morgan fingerprint density at radius 2 is 2.21 bits per heavy atom. The fourth-order valence-electron chi connectivity index (χ4n) is 2.94. The molecule has 1 unspecified atom stereocenters. The van der Waals surface area contributed by atoms with Crippen LogP contribution in [0.4, 0.5) is 0 Å². The van der Waals surface area contributed by atoms with E-state index in [9.17, 15) is 9.90 Å². The van der Waals surface area contributed by atoms with Crippen LogP contribution in [0.25, 0.3) is 0 Å². The number of carboxylic acid groups (broad SMARTS) is 1. The molecule has 4 nitrogen and oxygen atoms in total. The van der Waals surface area contributed by atoms with Crippen LogP contribution in [0, 0.1) is 19.3 Å². The maximum Gasteiger partial charge on any atom is 0.321 e. The summed E-state index contributed by atoms with van der Waals surface area (Å²) in [6, 6.07) is -0.411. The third kappa shape index (κ3) is 2.98. The molecule has 106 valence electrons. The molecule has 0 radical (unpaired) electrons. The van der Waals surface area contributed by atoms with Gasteiger partial charge in [0.25, 0.3) is 0 Å². The molecule has 0 aliphatic carbocycles. The molecule has 5 heteroatoms. The smallest absolute Gasteiger partial charge is 0.321 e. The monoisotopic (exact) mass is 282 g/mol. The summed E-state index contributed by atoms with van der Waals surface area (Å²) < 4.78 is 0. The van der Waals surface area contributed by atoms with Crippen molar-refractivity contribution in [3.05, 3.63) is 15.6 Å². The largest absolute Gasteiger partial charge is 0.480 e. The molecule has 1 saturated heterocycles. The van der Waals surface area contributed by atoms with Crippen LogP contribution in [-0.2, 0) is 11.3 Å². The second kappa shape index (κ2) is 5.21. The van der Waals surface area contributed by atoms with E-state index in [1.165, 1.54) is 4.88 Å². The van der Waals surface area contributed by atoms with Gasteiger partial charge in [0.1, 0.15) is 11.0 Å². The second-order valence-corrected chi connectivity index (χ2v) is 7.34. The molecular weight excluding hydrogens is 260 g/mol. The van der Waals surface area contributed by atoms with E-state index in [4.69, 9.17) is 0 Å². The molecule has 1 aromatic rings. The summed E-state index contributed by atoms with van der Waals surface area (Å²) >= 11 is 1.68. The van der Waals surface area contributed by atoms with Gasteiger partial charge in [-0.25, -0.2) is 4.98 Å². The van der Waals surface area contributed by atoms with Gasteiger partial charge in [-0.1, -0.05) is 13.8 Å². The molecule has 0 aromatic carbocycles. The van der Waals surface area contributed by atoms with Crippen molar-refractivity contribution in [3.8, 4) is 0 Å². The SMILES string of the molecule is Cc1nc(CN2CCCC(C)(C)C2C(=O)O)sc1C. The van der Waals surface area contributed by atoms with Crippen molar-refractivity contribution in [3.63, 3.8) is 0 Å². The van der Waals surface area contributed by atoms with Crippen LogP contribution >= 0.6 is 11.3 Å². The minimum absolute atomic E-state index is 0.175. The Balaban J connectivity index is 2.19. The van der Waals surface area contributed by atoms with E-state index in [0.29, 0.717) is 6.54 Å². The van der Waals surface area contributed by atoms with Crippen molar-refractivity contribution in [1.29, 1.82) is 0 Å². The zero-order chi connectivity index (χ0) is 14.2. The molecule has 1 aliphatic heterocycles. The summed E-state index contributed by atoms with van der Waals surface area (Å²) in [5.41, 5.74) is 0.883. The number of aryl methyl sites for hydroxylation is 2. The van der Waals surface area contributed by atoms with Gasteiger partial charge in [0.2, 0.25) is 0 Å². The number of nitrogens with zero attached hydrogens (tertiary/aromatic N) is 2. The molecule has 1 aliphatic rings. The second-order valence-electron chi connectivity index (χ2n) is 6.05. The van der Waals surface area contributed by atoms with Gasteiger partial charge in [0.15, 0.2) is 0 Å². The standard InChI is InChI=1S/C14H22N2O2S/c1-9-10(2)19-11(15-9)8-16-7-5-6-14(3,4)12(16)13(17)18/h12H,5-8H2,1-4H3,(H,17,18). The maximum absolute atomic E-state index is 11.6. The van der Waals surface area contributed by atoms with Gasteiger partial charge in [0.05, 0.1) is 12.2 Å². The van der Waals surface area contributed by atoms with Gasteiger partial charge in [-0.2, -0.15) is 0 Å². The predicted molar refractivity (Wildman–Crippen MR) is 76.4 cm³/mol. The van der Waals surface area contributed by atoms with Crippen molar-refractivity contribution >= 4 is 17.3 Å². The lowest BCUT2D eigenvalue weighted by Crippen LogP contribution is -2.53. The summed E-state index contributed by atoms with van der Waals surface area (Å²) in [6.45, 7) is 9.67. The van der Waals surface area contributed by atoms with Crippen molar-refractivity contribution in [2.45, 2.75) is 53.1 Å². The first-order valence-corrected chi connectivity index (χ1v) is 7.52. The van der Waals surface area contributed by atoms with E-state index in [1.807, 2.05) is 6.92 Å². The molecule has 0 saturated carbocycles. The van der Waals surface area contributed by atoms with E-state index in [2.05, 4.69) is 30.7 Å². The Morgan fingerprint density at radius 1 is 1.53 bits per heavy atom. The Labute approximate surface area is 118 Å². The molecule has 1 fully saturated rings. The zero-order valence-electron chi connectivity index (χ0n) is 12.1. The number of rotatable bonds is 3. The molecule has 1 N–H and O–H groups in total. The Hall–Kier alpha value is -0.940. The number of aliphatic carboxylic acids is 1. The first kappa shape index (κ1) is 14.5. The van der Waals surface area contributed by atoms with Crippen molar-refractivity contribution in [2.24, 2.45) is 5.41 Å². The Bertz CT molecular complexity index is 462. The van der Waals surface area contributed by atoms with Gasteiger partial charge in [-0.15, -0.1) is 11.3 Å². The lowest BCUT2D eigenvalue weighted by atomic mass is 9.76. The number of hydrogen-bond donors (Lipinski definition) is 1. The van der Waals surface area contributed by atoms with Gasteiger partial charge < -0.3 is 5.11 Å². The van der Waals surface area contributed by atoms with Crippen LogP contribution in [0.5, 0.6) is 0 Å². The van der Waals surface area contributed by atoms with Crippen molar-refractivity contribution < 1.29 is 9.90 Å². The van der Waals surface area contributed by atoms with Crippen LogP contribution in [0.3, 0.4) is 0 Å². The first-order valence-electron chi connectivity index (χ1n) is 6.71. The summed E-state index contributed by atoms with van der Waals surface area (Å²) in [5.74, 6) is -0.713. The minimum atomic E-state index is -0.713. The maximum atomic E-state index is 11.6. The molecule has 1 aromatic heterocycles. The predicted octanol–water partition coefficient (Wildman–Crippen LogP) is 2.84. The van der Waals surface area contributed by atoms with Crippen molar-refractivity contribution in [1.82, 2.24) is 9.88 Å². The van der Waals surface area contributed by atoms with Crippen LogP contribution in [0.1, 0.15) is 42.3 Å². The quantitative estimate of drug-likeness (QED) is 0.926. The molecule has 2 heterocycles. The third-order valence-electron chi connectivity index (χ3n) is 4.02. The molecule has 0 spiro atoms. The molecular formula is C14H22N2O2S. The van der Waals surface area contributed by atoms with E-state index in [-0.39, 0.29) is 5.41 Å². The number of hydrogen-bond acceptors (Lipinski definition) is 4. The van der Waals surface area contributed by atoms with Crippen LogP contribution < -0.4 is 0 Å². The highest BCUT2D eigenvalue weighted by Gasteiger charge is 2.42.